The number of hydrogen-bond donors (Lipinski definition) is 0. The zero-order valence-corrected chi connectivity index (χ0v) is 8.42. The Labute approximate surface area is 86.4 Å². The van der Waals surface area contributed by atoms with Gasteiger partial charge in [-0.3, -0.25) is 4.57 Å². The van der Waals surface area contributed by atoms with E-state index in [1.165, 1.54) is 4.57 Å². The van der Waals surface area contributed by atoms with Crippen LogP contribution >= 0.6 is 11.6 Å². The Kier molecular flexibility index (Phi) is 2.30. The lowest BCUT2D eigenvalue weighted by atomic mass is 10.2. The SMILES string of the molecule is Cc1cn(/C(F)=C/Cl)c2ccccc12. The quantitative estimate of drug-likeness (QED) is 0.671. The molecule has 0 radical (unpaired) electrons. The molecular formula is C11H9ClFN. The number of hydrogen-bond acceptors (Lipinski definition) is 0. The highest BCUT2D eigenvalue weighted by Gasteiger charge is 2.06. The first kappa shape index (κ1) is 9.28. The van der Waals surface area contributed by atoms with Crippen molar-refractivity contribution in [3.05, 3.63) is 41.6 Å². The summed E-state index contributed by atoms with van der Waals surface area (Å²) in [6.45, 7) is 1.94. The Hall–Kier alpha value is -1.28. The van der Waals surface area contributed by atoms with E-state index < -0.39 is 5.95 Å². The van der Waals surface area contributed by atoms with Gasteiger partial charge in [-0.1, -0.05) is 29.8 Å². The number of halogens is 2. The number of nitrogens with zero attached hydrogens (tertiary/aromatic N) is 1. The molecule has 1 aromatic heterocycles. The number of aromatic nitrogens is 1. The van der Waals surface area contributed by atoms with Gasteiger partial charge >= 0.3 is 0 Å². The minimum Gasteiger partial charge on any atom is -0.292 e. The smallest absolute Gasteiger partial charge is 0.209 e. The molecule has 0 N–H and O–H groups in total. The number of rotatable bonds is 1. The Bertz CT molecular complexity index is 499. The lowest BCUT2D eigenvalue weighted by molar-refractivity contribution is 0.698. The summed E-state index contributed by atoms with van der Waals surface area (Å²) < 4.78 is 14.7. The Balaban J connectivity index is 2.79. The molecule has 0 amide bonds. The third-order valence-electron chi connectivity index (χ3n) is 2.23. The van der Waals surface area contributed by atoms with Gasteiger partial charge in [0.1, 0.15) is 0 Å². The fourth-order valence-electron chi connectivity index (χ4n) is 1.58. The normalized spacial score (nSPS) is 12.4. The van der Waals surface area contributed by atoms with Crippen molar-refractivity contribution in [3.63, 3.8) is 0 Å². The van der Waals surface area contributed by atoms with Crippen LogP contribution in [0.2, 0.25) is 0 Å². The van der Waals surface area contributed by atoms with Gasteiger partial charge < -0.3 is 0 Å². The highest BCUT2D eigenvalue weighted by Crippen LogP contribution is 2.24. The monoisotopic (exact) mass is 209 g/mol. The van der Waals surface area contributed by atoms with E-state index in [2.05, 4.69) is 0 Å². The van der Waals surface area contributed by atoms with Crippen molar-refractivity contribution in [2.45, 2.75) is 6.92 Å². The molecule has 0 saturated heterocycles. The summed E-state index contributed by atoms with van der Waals surface area (Å²) in [4.78, 5) is 0. The molecule has 0 saturated carbocycles. The molecule has 14 heavy (non-hydrogen) atoms. The lowest BCUT2D eigenvalue weighted by Crippen LogP contribution is -1.87. The van der Waals surface area contributed by atoms with E-state index in [1.54, 1.807) is 6.20 Å². The van der Waals surface area contributed by atoms with E-state index in [9.17, 15) is 4.39 Å². The lowest BCUT2D eigenvalue weighted by Gasteiger charge is -1.99. The predicted molar refractivity (Wildman–Crippen MR) is 57.9 cm³/mol. The molecule has 1 nitrogen and oxygen atoms in total. The maximum Gasteiger partial charge on any atom is 0.209 e. The number of para-hydroxylation sites is 1. The highest BCUT2D eigenvalue weighted by molar-refractivity contribution is 6.27. The van der Waals surface area contributed by atoms with Crippen LogP contribution in [0.25, 0.3) is 16.9 Å². The molecule has 2 rings (SSSR count). The van der Waals surface area contributed by atoms with Crippen LogP contribution in [0.1, 0.15) is 5.56 Å². The highest BCUT2D eigenvalue weighted by atomic mass is 35.5. The molecule has 1 aromatic carbocycles. The zero-order valence-electron chi connectivity index (χ0n) is 7.67. The van der Waals surface area contributed by atoms with Crippen molar-refractivity contribution in [1.82, 2.24) is 4.57 Å². The van der Waals surface area contributed by atoms with Gasteiger partial charge in [-0.05, 0) is 18.6 Å². The molecular weight excluding hydrogens is 201 g/mol. The average Bonchev–Trinajstić information content (AvgIpc) is 2.56. The standard InChI is InChI=1S/C11H9ClFN/c1-8-7-14(11(13)6-12)10-5-3-2-4-9(8)10/h2-7H,1H3/b11-6+. The van der Waals surface area contributed by atoms with Crippen LogP contribution in [-0.2, 0) is 0 Å². The van der Waals surface area contributed by atoms with Crippen LogP contribution in [0, 0.1) is 6.92 Å². The fraction of sp³-hybridized carbons (Fsp3) is 0.0909. The van der Waals surface area contributed by atoms with Crippen molar-refractivity contribution in [3.8, 4) is 0 Å². The number of benzene rings is 1. The second kappa shape index (κ2) is 3.46. The topological polar surface area (TPSA) is 4.93 Å². The summed E-state index contributed by atoms with van der Waals surface area (Å²) in [5, 5.41) is 1.04. The van der Waals surface area contributed by atoms with Crippen LogP contribution < -0.4 is 0 Å². The van der Waals surface area contributed by atoms with Crippen LogP contribution in [0.15, 0.2) is 36.0 Å². The molecule has 72 valence electrons. The summed E-state index contributed by atoms with van der Waals surface area (Å²) in [6, 6.07) is 7.63. The summed E-state index contributed by atoms with van der Waals surface area (Å²) in [5.74, 6) is -0.462. The first-order valence-electron chi connectivity index (χ1n) is 4.27. The van der Waals surface area contributed by atoms with Crippen LogP contribution in [-0.4, -0.2) is 4.57 Å². The van der Waals surface area contributed by atoms with Crippen molar-refractivity contribution >= 4 is 28.5 Å². The van der Waals surface area contributed by atoms with Gasteiger partial charge in [0.2, 0.25) is 5.95 Å². The molecule has 1 heterocycles. The zero-order chi connectivity index (χ0) is 10.1. The van der Waals surface area contributed by atoms with Crippen molar-refractivity contribution in [2.24, 2.45) is 0 Å². The molecule has 0 fully saturated rings. The molecule has 0 bridgehead atoms. The van der Waals surface area contributed by atoms with Gasteiger partial charge in [0.15, 0.2) is 0 Å². The van der Waals surface area contributed by atoms with E-state index in [-0.39, 0.29) is 0 Å². The van der Waals surface area contributed by atoms with Crippen LogP contribution in [0.4, 0.5) is 4.39 Å². The molecule has 0 aliphatic rings. The van der Waals surface area contributed by atoms with Crippen molar-refractivity contribution in [1.29, 1.82) is 0 Å². The van der Waals surface area contributed by atoms with E-state index >= 15 is 0 Å². The van der Waals surface area contributed by atoms with Crippen molar-refractivity contribution in [2.75, 3.05) is 0 Å². The van der Waals surface area contributed by atoms with Gasteiger partial charge in [0.25, 0.3) is 0 Å². The largest absolute Gasteiger partial charge is 0.292 e. The fourth-order valence-corrected chi connectivity index (χ4v) is 1.68. The maximum absolute atomic E-state index is 13.3. The molecule has 0 atom stereocenters. The maximum atomic E-state index is 13.3. The summed E-state index contributed by atoms with van der Waals surface area (Å²) in [7, 11) is 0. The molecule has 0 aliphatic carbocycles. The Morgan fingerprint density at radius 1 is 1.43 bits per heavy atom. The first-order chi connectivity index (χ1) is 6.74. The third kappa shape index (κ3) is 1.32. The number of fused-ring (bicyclic) bond motifs is 1. The number of aryl methyl sites for hydroxylation is 1. The molecule has 3 heteroatoms. The minimum absolute atomic E-state index is 0.462. The van der Waals surface area contributed by atoms with Gasteiger partial charge in [-0.2, -0.15) is 4.39 Å². The predicted octanol–water partition coefficient (Wildman–Crippen LogP) is 3.91. The van der Waals surface area contributed by atoms with Gasteiger partial charge in [-0.25, -0.2) is 0 Å². The summed E-state index contributed by atoms with van der Waals surface area (Å²) >= 11 is 5.34. The Morgan fingerprint density at radius 2 is 2.14 bits per heavy atom. The van der Waals surface area contributed by atoms with E-state index in [1.807, 2.05) is 31.2 Å². The van der Waals surface area contributed by atoms with Gasteiger partial charge in [0.05, 0.1) is 11.1 Å². The van der Waals surface area contributed by atoms with E-state index in [0.29, 0.717) is 0 Å². The molecule has 2 aromatic rings. The van der Waals surface area contributed by atoms with Gasteiger partial charge in [0, 0.05) is 11.6 Å². The molecule has 0 spiro atoms. The minimum atomic E-state index is -0.462. The van der Waals surface area contributed by atoms with E-state index in [4.69, 9.17) is 11.6 Å². The third-order valence-corrected chi connectivity index (χ3v) is 2.41. The molecule has 0 unspecified atom stereocenters. The molecule has 0 aliphatic heterocycles. The van der Waals surface area contributed by atoms with Gasteiger partial charge in [-0.15, -0.1) is 0 Å². The van der Waals surface area contributed by atoms with E-state index in [0.717, 1.165) is 22.0 Å². The second-order valence-corrected chi connectivity index (χ2v) is 3.35. The Morgan fingerprint density at radius 3 is 2.86 bits per heavy atom. The van der Waals surface area contributed by atoms with Crippen LogP contribution in [0.3, 0.4) is 0 Å². The first-order valence-corrected chi connectivity index (χ1v) is 4.70. The summed E-state index contributed by atoms with van der Waals surface area (Å²) in [6.07, 6.45) is 1.74. The average molecular weight is 210 g/mol. The summed E-state index contributed by atoms with van der Waals surface area (Å²) in [5.41, 5.74) is 2.81. The second-order valence-electron chi connectivity index (χ2n) is 3.13. The van der Waals surface area contributed by atoms with Crippen molar-refractivity contribution < 1.29 is 4.39 Å². The van der Waals surface area contributed by atoms with Crippen LogP contribution in [0.5, 0.6) is 0 Å².